The smallest absolute Gasteiger partial charge is 0.326 e. The molecule has 0 aromatic carbocycles. The van der Waals surface area contributed by atoms with Gasteiger partial charge in [0, 0.05) is 6.54 Å². The molecule has 0 aromatic rings. The van der Waals surface area contributed by atoms with Crippen LogP contribution in [0.5, 0.6) is 0 Å². The van der Waals surface area contributed by atoms with E-state index >= 15 is 0 Å². The van der Waals surface area contributed by atoms with Crippen LogP contribution in [0.1, 0.15) is 12.8 Å². The molecule has 3 amide bonds. The SMILES string of the molecule is NC(=O)NCCC[C@H](NC(=O)[C@@H](N)CO)C(=O)O. The lowest BCUT2D eigenvalue weighted by atomic mass is 10.1. The monoisotopic (exact) mass is 262 g/mol. The van der Waals surface area contributed by atoms with E-state index < -0.39 is 36.6 Å². The zero-order chi connectivity index (χ0) is 14.1. The van der Waals surface area contributed by atoms with E-state index in [0.717, 1.165) is 0 Å². The van der Waals surface area contributed by atoms with Gasteiger partial charge in [0.2, 0.25) is 5.91 Å². The van der Waals surface area contributed by atoms with Gasteiger partial charge in [-0.1, -0.05) is 0 Å². The lowest BCUT2D eigenvalue weighted by Crippen LogP contribution is -2.49. The third-order valence-corrected chi connectivity index (χ3v) is 2.12. The van der Waals surface area contributed by atoms with E-state index in [1.165, 1.54) is 0 Å². The third kappa shape index (κ3) is 6.66. The minimum absolute atomic E-state index is 0.111. The van der Waals surface area contributed by atoms with Gasteiger partial charge in [0.15, 0.2) is 0 Å². The Hall–Kier alpha value is -1.87. The number of carboxylic acids is 1. The zero-order valence-electron chi connectivity index (χ0n) is 9.76. The molecular weight excluding hydrogens is 244 g/mol. The predicted molar refractivity (Wildman–Crippen MR) is 61.4 cm³/mol. The van der Waals surface area contributed by atoms with E-state index in [1.807, 2.05) is 0 Å². The number of nitrogens with one attached hydrogen (secondary N) is 2. The molecule has 18 heavy (non-hydrogen) atoms. The van der Waals surface area contributed by atoms with E-state index in [0.29, 0.717) is 6.42 Å². The molecule has 0 saturated carbocycles. The van der Waals surface area contributed by atoms with E-state index in [9.17, 15) is 14.4 Å². The number of urea groups is 1. The number of amides is 3. The maximum atomic E-state index is 11.3. The van der Waals surface area contributed by atoms with Gasteiger partial charge in [-0.25, -0.2) is 9.59 Å². The summed E-state index contributed by atoms with van der Waals surface area (Å²) in [5.74, 6) is -1.96. The van der Waals surface area contributed by atoms with Crippen molar-refractivity contribution in [1.82, 2.24) is 10.6 Å². The number of nitrogens with two attached hydrogens (primary N) is 2. The van der Waals surface area contributed by atoms with Crippen molar-refractivity contribution in [2.75, 3.05) is 13.2 Å². The molecule has 104 valence electrons. The molecular formula is C9H18N4O5. The minimum Gasteiger partial charge on any atom is -0.480 e. The Balaban J connectivity index is 4.11. The van der Waals surface area contributed by atoms with Crippen LogP contribution in [0.2, 0.25) is 0 Å². The average Bonchev–Trinajstić information content (AvgIpc) is 2.30. The van der Waals surface area contributed by atoms with Crippen molar-refractivity contribution in [3.8, 4) is 0 Å². The molecule has 0 aliphatic heterocycles. The number of carbonyl (C=O) groups excluding carboxylic acids is 2. The number of hydrogen-bond acceptors (Lipinski definition) is 5. The Morgan fingerprint density at radius 2 is 1.89 bits per heavy atom. The highest BCUT2D eigenvalue weighted by Crippen LogP contribution is 1.97. The molecule has 0 heterocycles. The van der Waals surface area contributed by atoms with E-state index in [4.69, 9.17) is 21.7 Å². The molecule has 0 aromatic heterocycles. The van der Waals surface area contributed by atoms with Gasteiger partial charge in [-0.2, -0.15) is 0 Å². The number of aliphatic carboxylic acids is 1. The van der Waals surface area contributed by atoms with Crippen molar-refractivity contribution in [3.05, 3.63) is 0 Å². The van der Waals surface area contributed by atoms with Crippen LogP contribution in [-0.2, 0) is 9.59 Å². The van der Waals surface area contributed by atoms with E-state index in [1.54, 1.807) is 0 Å². The number of carbonyl (C=O) groups is 3. The van der Waals surface area contributed by atoms with Crippen molar-refractivity contribution in [2.45, 2.75) is 24.9 Å². The molecule has 0 rings (SSSR count). The summed E-state index contributed by atoms with van der Waals surface area (Å²) in [6.45, 7) is -0.359. The lowest BCUT2D eigenvalue weighted by molar-refractivity contribution is -0.142. The van der Waals surface area contributed by atoms with Crippen molar-refractivity contribution < 1.29 is 24.6 Å². The molecule has 2 atom stereocenters. The topological polar surface area (TPSA) is 168 Å². The fourth-order valence-corrected chi connectivity index (χ4v) is 1.14. The molecule has 0 aliphatic carbocycles. The van der Waals surface area contributed by atoms with Crippen molar-refractivity contribution in [3.63, 3.8) is 0 Å². The lowest BCUT2D eigenvalue weighted by Gasteiger charge is -2.16. The first-order valence-electron chi connectivity index (χ1n) is 5.31. The Labute approximate surface area is 104 Å². The van der Waals surface area contributed by atoms with Gasteiger partial charge in [-0.05, 0) is 12.8 Å². The molecule has 0 spiro atoms. The maximum absolute atomic E-state index is 11.3. The van der Waals surface area contributed by atoms with Crippen molar-refractivity contribution in [2.24, 2.45) is 11.5 Å². The Kier molecular flexibility index (Phi) is 7.40. The number of rotatable bonds is 8. The van der Waals surface area contributed by atoms with Gasteiger partial charge in [0.25, 0.3) is 0 Å². The number of aliphatic hydroxyl groups is 1. The van der Waals surface area contributed by atoms with E-state index in [-0.39, 0.29) is 13.0 Å². The fraction of sp³-hybridized carbons (Fsp3) is 0.667. The van der Waals surface area contributed by atoms with Crippen molar-refractivity contribution in [1.29, 1.82) is 0 Å². The standard InChI is InChI=1S/C9H18N4O5/c10-5(4-14)7(15)13-6(8(16)17)2-1-3-12-9(11)18/h5-6,14H,1-4,10H2,(H,13,15)(H,16,17)(H3,11,12,18)/t5-,6-/m0/s1. The van der Waals surface area contributed by atoms with Crippen LogP contribution >= 0.6 is 0 Å². The highest BCUT2D eigenvalue weighted by Gasteiger charge is 2.22. The van der Waals surface area contributed by atoms with Gasteiger partial charge in [0.05, 0.1) is 6.61 Å². The second-order valence-corrected chi connectivity index (χ2v) is 3.62. The molecule has 9 nitrogen and oxygen atoms in total. The summed E-state index contributed by atoms with van der Waals surface area (Å²) >= 11 is 0. The average molecular weight is 262 g/mol. The highest BCUT2D eigenvalue weighted by atomic mass is 16.4. The second kappa shape index (κ2) is 8.25. The molecule has 0 unspecified atom stereocenters. The molecule has 0 aliphatic rings. The van der Waals surface area contributed by atoms with Crippen LogP contribution < -0.4 is 22.1 Å². The summed E-state index contributed by atoms with van der Waals surface area (Å²) in [5.41, 5.74) is 10.1. The van der Waals surface area contributed by atoms with Crippen LogP contribution in [0.4, 0.5) is 4.79 Å². The first-order valence-corrected chi connectivity index (χ1v) is 5.31. The summed E-state index contributed by atoms with van der Waals surface area (Å²) in [6, 6.07) is -2.98. The molecule has 0 bridgehead atoms. The largest absolute Gasteiger partial charge is 0.480 e. The second-order valence-electron chi connectivity index (χ2n) is 3.62. The third-order valence-electron chi connectivity index (χ3n) is 2.12. The summed E-state index contributed by atoms with van der Waals surface area (Å²) in [7, 11) is 0. The molecule has 8 N–H and O–H groups in total. The van der Waals surface area contributed by atoms with Crippen LogP contribution in [0.25, 0.3) is 0 Å². The van der Waals surface area contributed by atoms with Crippen LogP contribution in [0.3, 0.4) is 0 Å². The van der Waals surface area contributed by atoms with Crippen LogP contribution in [0, 0.1) is 0 Å². The predicted octanol–water partition coefficient (Wildman–Crippen LogP) is -2.68. The highest BCUT2D eigenvalue weighted by molar-refractivity contribution is 5.86. The van der Waals surface area contributed by atoms with Gasteiger partial charge >= 0.3 is 12.0 Å². The number of aliphatic hydroxyl groups excluding tert-OH is 1. The Morgan fingerprint density at radius 1 is 1.28 bits per heavy atom. The Morgan fingerprint density at radius 3 is 2.33 bits per heavy atom. The van der Waals surface area contributed by atoms with Gasteiger partial charge in [-0.15, -0.1) is 0 Å². The maximum Gasteiger partial charge on any atom is 0.326 e. The Bertz CT molecular complexity index is 309. The summed E-state index contributed by atoms with van der Waals surface area (Å²) < 4.78 is 0. The molecule has 0 fully saturated rings. The molecule has 0 radical (unpaired) electrons. The molecule has 9 heteroatoms. The number of carboxylic acid groups (broad SMARTS) is 1. The van der Waals surface area contributed by atoms with Gasteiger partial charge in [-0.3, -0.25) is 4.79 Å². The normalized spacial score (nSPS) is 13.4. The summed E-state index contributed by atoms with van der Waals surface area (Å²) in [6.07, 6.45) is 0.439. The summed E-state index contributed by atoms with van der Waals surface area (Å²) in [4.78, 5) is 32.5. The summed E-state index contributed by atoms with van der Waals surface area (Å²) in [5, 5.41) is 22.0. The van der Waals surface area contributed by atoms with Gasteiger partial charge in [0.1, 0.15) is 12.1 Å². The van der Waals surface area contributed by atoms with Crippen LogP contribution in [0.15, 0.2) is 0 Å². The minimum atomic E-state index is -1.22. The van der Waals surface area contributed by atoms with Gasteiger partial charge < -0.3 is 32.3 Å². The van der Waals surface area contributed by atoms with E-state index in [2.05, 4.69) is 10.6 Å². The fourth-order valence-electron chi connectivity index (χ4n) is 1.14. The number of primary amides is 1. The quantitative estimate of drug-likeness (QED) is 0.260. The number of hydrogen-bond donors (Lipinski definition) is 6. The van der Waals surface area contributed by atoms with Crippen molar-refractivity contribution >= 4 is 17.9 Å². The molecule has 0 saturated heterocycles. The van der Waals surface area contributed by atoms with Crippen LogP contribution in [-0.4, -0.2) is 53.4 Å². The first-order chi connectivity index (χ1) is 8.38. The zero-order valence-corrected chi connectivity index (χ0v) is 9.76. The first kappa shape index (κ1) is 16.1.